The number of nitrogens with one attached hydrogen (secondary N) is 1. The number of ether oxygens (including phenoxy) is 2. The molecule has 2 fully saturated rings. The van der Waals surface area contributed by atoms with Crippen molar-refractivity contribution in [1.82, 2.24) is 4.72 Å². The van der Waals surface area contributed by atoms with Crippen LogP contribution in [0.3, 0.4) is 0 Å². The average Bonchev–Trinajstić information content (AvgIpc) is 2.78. The van der Waals surface area contributed by atoms with Crippen molar-refractivity contribution in [2.24, 2.45) is 0 Å². The third-order valence-electron chi connectivity index (χ3n) is 4.76. The van der Waals surface area contributed by atoms with Gasteiger partial charge in [-0.2, -0.15) is 5.26 Å². The number of nitriles is 1. The maximum absolute atomic E-state index is 9.86. The number of hydrogen-bond donors (Lipinski definition) is 4. The van der Waals surface area contributed by atoms with Crippen molar-refractivity contribution in [3.05, 3.63) is 34.7 Å². The first-order valence-corrected chi connectivity index (χ1v) is 10.3. The van der Waals surface area contributed by atoms with Gasteiger partial charge in [-0.3, -0.25) is 4.72 Å². The lowest BCUT2D eigenvalue weighted by molar-refractivity contribution is -0.168. The monoisotopic (exact) mass is 423 g/mol. The standard InChI is InChI=1S/C19H25N3O4S.CH4O/c1-13(14-2-4-15(5-3-14)22-6-8-25-9-7-22)18(11-20)27-21-17-10-16(23)12-26-19(17)24;1-2/h2-5,16-17,19,21,23-24H,6-10,12H2,1H3;2H,1H3/b18-13+;/t16?,17-,19?;/m1./s1. The number of anilines is 1. The zero-order valence-electron chi connectivity index (χ0n) is 16.7. The SMILES string of the molecule is C/C(=C(/C#N)SN[C@@H]1CC(O)COC1O)c1ccc(N2CCOCC2)cc1.CO. The molecule has 2 aliphatic rings. The first-order valence-electron chi connectivity index (χ1n) is 9.47. The molecular formula is C20H29N3O5S. The molecule has 3 rings (SSSR count). The molecule has 0 saturated carbocycles. The summed E-state index contributed by atoms with van der Waals surface area (Å²) >= 11 is 1.16. The Balaban J connectivity index is 0.00000145. The second-order valence-electron chi connectivity index (χ2n) is 6.65. The number of aliphatic hydroxyl groups is 3. The average molecular weight is 424 g/mol. The van der Waals surface area contributed by atoms with Gasteiger partial charge in [0.15, 0.2) is 6.29 Å². The Hall–Kier alpha value is -1.64. The van der Waals surface area contributed by atoms with Crippen LogP contribution in [0.2, 0.25) is 0 Å². The van der Waals surface area contributed by atoms with Crippen LogP contribution in [0, 0.1) is 11.3 Å². The number of morpholine rings is 1. The summed E-state index contributed by atoms with van der Waals surface area (Å²) in [6.07, 6.45) is -1.23. The van der Waals surface area contributed by atoms with Crippen molar-refractivity contribution < 1.29 is 24.8 Å². The first kappa shape index (κ1) is 23.6. The smallest absolute Gasteiger partial charge is 0.171 e. The lowest BCUT2D eigenvalue weighted by Gasteiger charge is -2.31. The number of benzene rings is 1. The number of allylic oxidation sites excluding steroid dienone is 2. The van der Waals surface area contributed by atoms with Gasteiger partial charge in [0.2, 0.25) is 0 Å². The molecular weight excluding hydrogens is 394 g/mol. The van der Waals surface area contributed by atoms with Crippen LogP contribution in [-0.2, 0) is 9.47 Å². The minimum atomic E-state index is -0.992. The number of hydrogen-bond acceptors (Lipinski definition) is 9. The van der Waals surface area contributed by atoms with E-state index in [1.807, 2.05) is 19.1 Å². The summed E-state index contributed by atoms with van der Waals surface area (Å²) in [5, 5.41) is 36.1. The van der Waals surface area contributed by atoms with Gasteiger partial charge in [0, 0.05) is 25.9 Å². The summed E-state index contributed by atoms with van der Waals surface area (Å²) in [5.41, 5.74) is 2.98. The zero-order chi connectivity index (χ0) is 21.2. The van der Waals surface area contributed by atoms with Gasteiger partial charge in [0.1, 0.15) is 11.0 Å². The molecule has 8 nitrogen and oxygen atoms in total. The highest BCUT2D eigenvalue weighted by Gasteiger charge is 2.29. The molecule has 0 aliphatic carbocycles. The molecule has 1 aromatic rings. The normalized spacial score (nSPS) is 25.4. The van der Waals surface area contributed by atoms with E-state index in [0.717, 1.165) is 62.2 Å². The van der Waals surface area contributed by atoms with Crippen LogP contribution in [0.15, 0.2) is 29.2 Å². The molecule has 0 amide bonds. The molecule has 2 saturated heterocycles. The zero-order valence-corrected chi connectivity index (χ0v) is 17.6. The summed E-state index contributed by atoms with van der Waals surface area (Å²) < 4.78 is 13.5. The minimum absolute atomic E-state index is 0.124. The molecule has 0 radical (unpaired) electrons. The Kier molecular flexibility index (Phi) is 9.90. The van der Waals surface area contributed by atoms with Crippen LogP contribution >= 0.6 is 11.9 Å². The quantitative estimate of drug-likeness (QED) is 0.408. The minimum Gasteiger partial charge on any atom is -0.400 e. The van der Waals surface area contributed by atoms with E-state index in [1.54, 1.807) is 0 Å². The van der Waals surface area contributed by atoms with Crippen molar-refractivity contribution >= 4 is 23.2 Å². The van der Waals surface area contributed by atoms with E-state index in [9.17, 15) is 15.5 Å². The molecule has 29 heavy (non-hydrogen) atoms. The summed E-state index contributed by atoms with van der Waals surface area (Å²) in [6, 6.07) is 9.93. The largest absolute Gasteiger partial charge is 0.400 e. The predicted molar refractivity (Wildman–Crippen MR) is 113 cm³/mol. The molecule has 4 N–H and O–H groups in total. The number of aliphatic hydroxyl groups excluding tert-OH is 3. The van der Waals surface area contributed by atoms with Gasteiger partial charge in [-0.25, -0.2) is 0 Å². The third kappa shape index (κ3) is 6.69. The van der Waals surface area contributed by atoms with Gasteiger partial charge in [-0.05, 0) is 48.6 Å². The lowest BCUT2D eigenvalue weighted by atomic mass is 10.1. The van der Waals surface area contributed by atoms with Crippen LogP contribution in [-0.4, -0.2) is 73.8 Å². The fraction of sp³-hybridized carbons (Fsp3) is 0.550. The van der Waals surface area contributed by atoms with Crippen molar-refractivity contribution in [1.29, 1.82) is 5.26 Å². The van der Waals surface area contributed by atoms with Gasteiger partial charge in [0.05, 0.1) is 32.0 Å². The number of nitrogens with zero attached hydrogens (tertiary/aromatic N) is 2. The lowest BCUT2D eigenvalue weighted by Crippen LogP contribution is -2.46. The molecule has 2 heterocycles. The van der Waals surface area contributed by atoms with Gasteiger partial charge < -0.3 is 29.7 Å². The summed E-state index contributed by atoms with van der Waals surface area (Å²) in [5.74, 6) is 0. The van der Waals surface area contributed by atoms with Crippen LogP contribution in [0.1, 0.15) is 18.9 Å². The van der Waals surface area contributed by atoms with E-state index in [4.69, 9.17) is 14.6 Å². The second kappa shape index (κ2) is 12.1. The highest BCUT2D eigenvalue weighted by Crippen LogP contribution is 2.28. The highest BCUT2D eigenvalue weighted by molar-refractivity contribution is 8.01. The van der Waals surface area contributed by atoms with E-state index in [1.165, 1.54) is 0 Å². The van der Waals surface area contributed by atoms with Gasteiger partial charge in [-0.15, -0.1) is 0 Å². The first-order chi connectivity index (χ1) is 14.1. The Morgan fingerprint density at radius 1 is 1.21 bits per heavy atom. The van der Waals surface area contributed by atoms with Crippen LogP contribution < -0.4 is 9.62 Å². The van der Waals surface area contributed by atoms with Crippen LogP contribution in [0.4, 0.5) is 5.69 Å². The fourth-order valence-electron chi connectivity index (χ4n) is 3.10. The van der Waals surface area contributed by atoms with E-state index in [-0.39, 0.29) is 6.61 Å². The van der Waals surface area contributed by atoms with Gasteiger partial charge in [0.25, 0.3) is 0 Å². The molecule has 3 atom stereocenters. The molecule has 2 unspecified atom stereocenters. The van der Waals surface area contributed by atoms with Crippen LogP contribution in [0.5, 0.6) is 0 Å². The summed E-state index contributed by atoms with van der Waals surface area (Å²) in [6.45, 7) is 5.28. The van der Waals surface area contributed by atoms with E-state index >= 15 is 0 Å². The summed E-state index contributed by atoms with van der Waals surface area (Å²) in [4.78, 5) is 2.80. The van der Waals surface area contributed by atoms with Gasteiger partial charge >= 0.3 is 0 Å². The molecule has 2 aliphatic heterocycles. The summed E-state index contributed by atoms with van der Waals surface area (Å²) in [7, 11) is 1.00. The molecule has 160 valence electrons. The maximum atomic E-state index is 9.86. The number of rotatable bonds is 5. The Bertz CT molecular complexity index is 701. The molecule has 9 heteroatoms. The topological polar surface area (TPSA) is 118 Å². The molecule has 0 spiro atoms. The van der Waals surface area contributed by atoms with Crippen molar-refractivity contribution in [3.63, 3.8) is 0 Å². The molecule has 1 aromatic carbocycles. The van der Waals surface area contributed by atoms with Gasteiger partial charge in [-0.1, -0.05) is 12.1 Å². The van der Waals surface area contributed by atoms with E-state index in [2.05, 4.69) is 27.8 Å². The Labute approximate surface area is 175 Å². The second-order valence-corrected chi connectivity index (χ2v) is 7.50. The van der Waals surface area contributed by atoms with Crippen LogP contribution in [0.25, 0.3) is 5.57 Å². The van der Waals surface area contributed by atoms with Crippen molar-refractivity contribution in [2.75, 3.05) is 44.9 Å². The third-order valence-corrected chi connectivity index (χ3v) is 5.78. The highest BCUT2D eigenvalue weighted by atomic mass is 32.2. The fourth-order valence-corrected chi connectivity index (χ4v) is 3.90. The molecule has 0 aromatic heterocycles. The Morgan fingerprint density at radius 3 is 2.48 bits per heavy atom. The van der Waals surface area contributed by atoms with E-state index in [0.29, 0.717) is 11.3 Å². The Morgan fingerprint density at radius 2 is 1.86 bits per heavy atom. The molecule has 0 bridgehead atoms. The van der Waals surface area contributed by atoms with E-state index < -0.39 is 18.4 Å². The van der Waals surface area contributed by atoms with Crippen molar-refractivity contribution in [2.45, 2.75) is 31.8 Å². The maximum Gasteiger partial charge on any atom is 0.171 e. The van der Waals surface area contributed by atoms with Crippen molar-refractivity contribution in [3.8, 4) is 6.07 Å². The predicted octanol–water partition coefficient (Wildman–Crippen LogP) is 1.09.